The fourth-order valence-electron chi connectivity index (χ4n) is 2.79. The van der Waals surface area contributed by atoms with Gasteiger partial charge in [0, 0.05) is 23.3 Å². The van der Waals surface area contributed by atoms with Gasteiger partial charge in [-0.05, 0) is 24.3 Å². The van der Waals surface area contributed by atoms with Gasteiger partial charge in [-0.25, -0.2) is 4.98 Å². The van der Waals surface area contributed by atoms with Crippen molar-refractivity contribution in [3.8, 4) is 28.4 Å². The van der Waals surface area contributed by atoms with Crippen LogP contribution in [0.4, 0.5) is 10.8 Å². The maximum absolute atomic E-state index is 12.9. The summed E-state index contributed by atoms with van der Waals surface area (Å²) in [7, 11) is 1.56. The van der Waals surface area contributed by atoms with Crippen molar-refractivity contribution in [2.45, 2.75) is 0 Å². The smallest absolute Gasteiger partial charge is 0.276 e. The number of hydrogen-bond donors (Lipinski definition) is 2. The van der Waals surface area contributed by atoms with Crippen LogP contribution in [0.5, 0.6) is 5.75 Å². The zero-order chi connectivity index (χ0) is 21.1. The van der Waals surface area contributed by atoms with Crippen molar-refractivity contribution in [2.75, 3.05) is 12.4 Å². The van der Waals surface area contributed by atoms with Gasteiger partial charge in [0.1, 0.15) is 28.5 Å². The number of carbonyl (C=O) groups excluding carboxylic acids is 1. The van der Waals surface area contributed by atoms with E-state index in [0.717, 1.165) is 0 Å². The Morgan fingerprint density at radius 3 is 2.67 bits per heavy atom. The highest BCUT2D eigenvalue weighted by atomic mass is 32.1. The molecule has 1 amide bonds. The molecule has 4 aromatic rings. The van der Waals surface area contributed by atoms with Gasteiger partial charge < -0.3 is 9.72 Å². The molecule has 0 bridgehead atoms. The van der Waals surface area contributed by atoms with Crippen molar-refractivity contribution < 1.29 is 14.5 Å². The number of imidazole rings is 1. The molecule has 30 heavy (non-hydrogen) atoms. The Morgan fingerprint density at radius 2 is 2.00 bits per heavy atom. The van der Waals surface area contributed by atoms with Crippen LogP contribution in [-0.2, 0) is 0 Å². The molecule has 2 aromatic carbocycles. The highest BCUT2D eigenvalue weighted by molar-refractivity contribution is 7.13. The van der Waals surface area contributed by atoms with Crippen molar-refractivity contribution >= 4 is 28.1 Å². The van der Waals surface area contributed by atoms with E-state index in [4.69, 9.17) is 4.74 Å². The van der Waals surface area contributed by atoms with Crippen LogP contribution in [0.15, 0.2) is 54.0 Å². The maximum atomic E-state index is 12.9. The van der Waals surface area contributed by atoms with E-state index in [-0.39, 0.29) is 11.4 Å². The molecule has 0 aliphatic carbocycles. The van der Waals surface area contributed by atoms with Crippen LogP contribution in [0.2, 0.25) is 0 Å². The summed E-state index contributed by atoms with van der Waals surface area (Å²) in [6.45, 7) is 0. The third-order valence-corrected chi connectivity index (χ3v) is 4.81. The van der Waals surface area contributed by atoms with E-state index < -0.39 is 10.8 Å². The fourth-order valence-corrected chi connectivity index (χ4v) is 3.23. The molecule has 10 nitrogen and oxygen atoms in total. The standard InChI is InChI=1S/C19H14N6O4S/c1-29-14-7-5-11(6-8-14)15-16(18(26)23-19-24-20-10-30-19)22-17(21-15)12-3-2-4-13(9-12)25(27)28/h2-10H,1H3,(H,21,22)(H,23,24,26). The first-order valence-electron chi connectivity index (χ1n) is 8.62. The van der Waals surface area contributed by atoms with Gasteiger partial charge in [0.2, 0.25) is 5.13 Å². The molecule has 0 unspecified atom stereocenters. The van der Waals surface area contributed by atoms with Gasteiger partial charge in [-0.1, -0.05) is 23.5 Å². The van der Waals surface area contributed by atoms with Crippen LogP contribution < -0.4 is 10.1 Å². The van der Waals surface area contributed by atoms with Crippen LogP contribution in [-0.4, -0.2) is 38.1 Å². The number of amides is 1. The summed E-state index contributed by atoms with van der Waals surface area (Å²) < 4.78 is 5.18. The van der Waals surface area contributed by atoms with Crippen molar-refractivity contribution in [2.24, 2.45) is 0 Å². The summed E-state index contributed by atoms with van der Waals surface area (Å²) in [6, 6.07) is 13.1. The van der Waals surface area contributed by atoms with Gasteiger partial charge in [-0.15, -0.1) is 10.2 Å². The molecular formula is C19H14N6O4S. The number of aromatic nitrogens is 4. The molecule has 0 spiro atoms. The zero-order valence-electron chi connectivity index (χ0n) is 15.5. The maximum Gasteiger partial charge on any atom is 0.276 e. The lowest BCUT2D eigenvalue weighted by atomic mass is 10.1. The number of H-pyrrole nitrogens is 1. The van der Waals surface area contributed by atoms with Crippen LogP contribution in [0, 0.1) is 10.1 Å². The number of hydrogen-bond acceptors (Lipinski definition) is 8. The molecule has 2 aromatic heterocycles. The van der Waals surface area contributed by atoms with E-state index in [1.807, 2.05) is 0 Å². The number of rotatable bonds is 6. The van der Waals surface area contributed by atoms with E-state index in [1.165, 1.54) is 29.0 Å². The molecule has 2 heterocycles. The molecule has 0 aliphatic heterocycles. The second-order valence-electron chi connectivity index (χ2n) is 6.04. The van der Waals surface area contributed by atoms with Crippen LogP contribution in [0.25, 0.3) is 22.6 Å². The molecule has 11 heteroatoms. The van der Waals surface area contributed by atoms with E-state index in [9.17, 15) is 14.9 Å². The topological polar surface area (TPSA) is 136 Å². The Labute approximate surface area is 173 Å². The highest BCUT2D eigenvalue weighted by Gasteiger charge is 2.21. The number of carbonyl (C=O) groups is 1. The average molecular weight is 422 g/mol. The lowest BCUT2D eigenvalue weighted by Gasteiger charge is -2.04. The molecule has 150 valence electrons. The summed E-state index contributed by atoms with van der Waals surface area (Å²) in [5.41, 5.74) is 3.16. The quantitative estimate of drug-likeness (QED) is 0.356. The lowest BCUT2D eigenvalue weighted by molar-refractivity contribution is -0.384. The Bertz CT molecular complexity index is 1200. The zero-order valence-corrected chi connectivity index (χ0v) is 16.3. The summed E-state index contributed by atoms with van der Waals surface area (Å²) >= 11 is 1.18. The number of nitro benzene ring substituents is 1. The molecule has 4 rings (SSSR count). The number of nitrogens with zero attached hydrogens (tertiary/aromatic N) is 4. The Kier molecular flexibility index (Phi) is 5.18. The van der Waals surface area contributed by atoms with Gasteiger partial charge in [-0.2, -0.15) is 0 Å². The third-order valence-electron chi connectivity index (χ3n) is 4.21. The minimum Gasteiger partial charge on any atom is -0.497 e. The van der Waals surface area contributed by atoms with Gasteiger partial charge in [0.25, 0.3) is 11.6 Å². The number of nitrogens with one attached hydrogen (secondary N) is 2. The van der Waals surface area contributed by atoms with E-state index in [2.05, 4.69) is 25.5 Å². The first-order valence-corrected chi connectivity index (χ1v) is 9.50. The number of ether oxygens (including phenoxy) is 1. The van der Waals surface area contributed by atoms with Crippen LogP contribution >= 0.6 is 11.3 Å². The predicted octanol–water partition coefficient (Wildman–Crippen LogP) is 3.76. The summed E-state index contributed by atoms with van der Waals surface area (Å²) in [5, 5.41) is 21.6. The number of methoxy groups -OCH3 is 1. The van der Waals surface area contributed by atoms with E-state index >= 15 is 0 Å². The summed E-state index contributed by atoms with van der Waals surface area (Å²) in [4.78, 5) is 31.0. The lowest BCUT2D eigenvalue weighted by Crippen LogP contribution is -2.13. The van der Waals surface area contributed by atoms with Gasteiger partial charge >= 0.3 is 0 Å². The monoisotopic (exact) mass is 422 g/mol. The molecule has 0 fully saturated rings. The molecule has 0 saturated heterocycles. The molecule has 0 saturated carbocycles. The Balaban J connectivity index is 1.79. The Morgan fingerprint density at radius 1 is 1.20 bits per heavy atom. The third kappa shape index (κ3) is 3.86. The van der Waals surface area contributed by atoms with Crippen molar-refractivity contribution in [1.29, 1.82) is 0 Å². The number of aromatic amines is 1. The number of nitro groups is 1. The van der Waals surface area contributed by atoms with Crippen LogP contribution in [0.3, 0.4) is 0 Å². The molecular weight excluding hydrogens is 408 g/mol. The normalized spacial score (nSPS) is 10.6. The van der Waals surface area contributed by atoms with Gasteiger partial charge in [-0.3, -0.25) is 20.2 Å². The number of anilines is 1. The van der Waals surface area contributed by atoms with E-state index in [0.29, 0.717) is 33.5 Å². The second-order valence-corrected chi connectivity index (χ2v) is 6.88. The highest BCUT2D eigenvalue weighted by Crippen LogP contribution is 2.29. The van der Waals surface area contributed by atoms with Crippen molar-refractivity contribution in [1.82, 2.24) is 20.2 Å². The van der Waals surface area contributed by atoms with E-state index in [1.54, 1.807) is 43.5 Å². The van der Waals surface area contributed by atoms with Crippen LogP contribution in [0.1, 0.15) is 10.5 Å². The number of benzene rings is 2. The first kappa shape index (κ1) is 19.2. The van der Waals surface area contributed by atoms with Gasteiger partial charge in [0.15, 0.2) is 0 Å². The average Bonchev–Trinajstić information content (AvgIpc) is 3.44. The minimum absolute atomic E-state index is 0.0743. The first-order chi connectivity index (χ1) is 14.5. The van der Waals surface area contributed by atoms with Crippen molar-refractivity contribution in [3.63, 3.8) is 0 Å². The molecule has 0 radical (unpaired) electrons. The fraction of sp³-hybridized carbons (Fsp3) is 0.0526. The SMILES string of the molecule is COc1ccc(-c2nc(-c3cccc([N+](=O)[O-])c3)[nH]c2C(=O)Nc2nncs2)cc1. The number of non-ortho nitro benzene ring substituents is 1. The second kappa shape index (κ2) is 8.09. The minimum atomic E-state index is -0.486. The molecule has 2 N–H and O–H groups in total. The van der Waals surface area contributed by atoms with Gasteiger partial charge in [0.05, 0.1) is 12.0 Å². The van der Waals surface area contributed by atoms with Crippen molar-refractivity contribution in [3.05, 3.63) is 69.8 Å². The molecule has 0 atom stereocenters. The summed E-state index contributed by atoms with van der Waals surface area (Å²) in [5.74, 6) is 0.529. The predicted molar refractivity (Wildman–Crippen MR) is 111 cm³/mol. The molecule has 0 aliphatic rings. The summed E-state index contributed by atoms with van der Waals surface area (Å²) in [6.07, 6.45) is 0. The Hall–Kier alpha value is -4.12. The largest absolute Gasteiger partial charge is 0.497 e.